The number of rotatable bonds is 7. The lowest BCUT2D eigenvalue weighted by Gasteiger charge is -2.17. The fourth-order valence-electron chi connectivity index (χ4n) is 3.72. The number of aromatic nitrogens is 1. The van der Waals surface area contributed by atoms with Crippen LogP contribution < -0.4 is 10.2 Å². The summed E-state index contributed by atoms with van der Waals surface area (Å²) < 4.78 is 32.4. The molecule has 28 heavy (non-hydrogen) atoms. The number of hydrogen-bond donors (Lipinski definition) is 0. The van der Waals surface area contributed by atoms with E-state index in [9.17, 15) is 14.0 Å². The molecule has 2 aliphatic carbocycles. The second-order valence-electron chi connectivity index (χ2n) is 7.46. The average Bonchev–Trinajstić information content (AvgIpc) is 3.39. The van der Waals surface area contributed by atoms with Crippen molar-refractivity contribution in [3.8, 4) is 5.75 Å². The minimum Gasteiger partial charge on any atom is -0.487 e. The highest BCUT2D eigenvalue weighted by molar-refractivity contribution is 5.94. The summed E-state index contributed by atoms with van der Waals surface area (Å²) in [5.41, 5.74) is -0.0182. The molecule has 1 aromatic heterocycles. The van der Waals surface area contributed by atoms with E-state index in [1.165, 1.54) is 19.4 Å². The molecule has 6 nitrogen and oxygen atoms in total. The molecule has 1 heterocycles. The molecule has 4 rings (SSSR count). The first-order valence-electron chi connectivity index (χ1n) is 9.79. The van der Waals surface area contributed by atoms with E-state index in [1.54, 1.807) is 6.07 Å². The first-order chi connectivity index (χ1) is 13.6. The summed E-state index contributed by atoms with van der Waals surface area (Å²) in [6.45, 7) is 0.297. The molecule has 0 amide bonds. The third-order valence-corrected chi connectivity index (χ3v) is 5.36. The van der Waals surface area contributed by atoms with Crippen LogP contribution in [0.2, 0.25) is 0 Å². The van der Waals surface area contributed by atoms with Crippen molar-refractivity contribution in [2.75, 3.05) is 20.3 Å². The Morgan fingerprint density at radius 3 is 2.61 bits per heavy atom. The van der Waals surface area contributed by atoms with Gasteiger partial charge in [0.25, 0.3) is 0 Å². The van der Waals surface area contributed by atoms with Gasteiger partial charge in [-0.05, 0) is 44.6 Å². The van der Waals surface area contributed by atoms with Crippen molar-refractivity contribution < 1.29 is 23.4 Å². The minimum absolute atomic E-state index is 0.0167. The van der Waals surface area contributed by atoms with Gasteiger partial charge < -0.3 is 18.8 Å². The van der Waals surface area contributed by atoms with Gasteiger partial charge >= 0.3 is 5.97 Å². The Morgan fingerprint density at radius 1 is 1.18 bits per heavy atom. The third kappa shape index (κ3) is 3.76. The van der Waals surface area contributed by atoms with Gasteiger partial charge in [-0.15, -0.1) is 0 Å². The Kier molecular flexibility index (Phi) is 5.35. The van der Waals surface area contributed by atoms with Gasteiger partial charge in [0.1, 0.15) is 12.2 Å². The summed E-state index contributed by atoms with van der Waals surface area (Å²) in [7, 11) is 1.50. The van der Waals surface area contributed by atoms with Gasteiger partial charge in [-0.25, -0.2) is 9.18 Å². The first-order valence-corrected chi connectivity index (χ1v) is 9.79. The van der Waals surface area contributed by atoms with Crippen LogP contribution in [-0.4, -0.2) is 37.0 Å². The molecule has 0 atom stereocenters. The molecule has 2 saturated carbocycles. The van der Waals surface area contributed by atoms with Crippen LogP contribution in [0, 0.1) is 5.82 Å². The van der Waals surface area contributed by atoms with Crippen molar-refractivity contribution in [3.05, 3.63) is 39.9 Å². The van der Waals surface area contributed by atoms with Gasteiger partial charge in [-0.1, -0.05) is 0 Å². The zero-order valence-electron chi connectivity index (χ0n) is 15.9. The molecular weight excluding hydrogens is 365 g/mol. The first kappa shape index (κ1) is 18.9. The lowest BCUT2D eigenvalue weighted by atomic mass is 10.1. The van der Waals surface area contributed by atoms with E-state index in [0.29, 0.717) is 5.52 Å². The van der Waals surface area contributed by atoms with Crippen molar-refractivity contribution in [2.24, 2.45) is 0 Å². The van der Waals surface area contributed by atoms with Gasteiger partial charge in [0, 0.05) is 30.8 Å². The number of benzene rings is 1. The van der Waals surface area contributed by atoms with E-state index >= 15 is 0 Å². The summed E-state index contributed by atoms with van der Waals surface area (Å²) >= 11 is 0. The summed E-state index contributed by atoms with van der Waals surface area (Å²) in [5, 5.41) is 0.171. The SMILES string of the molecule is COCCOC(=O)c1cn(C2CC2)c2cc(OC3CCCC3)c(F)cc2c1=O. The van der Waals surface area contributed by atoms with E-state index in [1.807, 2.05) is 4.57 Å². The van der Waals surface area contributed by atoms with Crippen molar-refractivity contribution in [3.63, 3.8) is 0 Å². The predicted molar refractivity (Wildman–Crippen MR) is 101 cm³/mol. The zero-order valence-corrected chi connectivity index (χ0v) is 15.9. The number of pyridine rings is 1. The van der Waals surface area contributed by atoms with Crippen LogP contribution in [0.5, 0.6) is 5.75 Å². The molecular formula is C21H24FNO5. The number of carbonyl (C=O) groups excluding carboxylic acids is 1. The molecule has 7 heteroatoms. The Bertz CT molecular complexity index is 944. The van der Waals surface area contributed by atoms with E-state index in [0.717, 1.165) is 38.5 Å². The summed E-state index contributed by atoms with van der Waals surface area (Å²) in [6, 6.07) is 2.98. The summed E-state index contributed by atoms with van der Waals surface area (Å²) in [6.07, 6.45) is 7.46. The van der Waals surface area contributed by atoms with Crippen molar-refractivity contribution in [2.45, 2.75) is 50.7 Å². The minimum atomic E-state index is -0.718. The molecule has 150 valence electrons. The van der Waals surface area contributed by atoms with Crippen molar-refractivity contribution >= 4 is 16.9 Å². The molecule has 0 saturated heterocycles. The monoisotopic (exact) mass is 389 g/mol. The standard InChI is InChI=1S/C21H24FNO5/c1-26-8-9-27-21(25)16-12-23(13-6-7-13)18-11-19(28-14-4-2-3-5-14)17(22)10-15(18)20(16)24/h10-14H,2-9H2,1H3. The normalized spacial score (nSPS) is 17.2. The molecule has 0 radical (unpaired) electrons. The van der Waals surface area contributed by atoms with Gasteiger partial charge in [0.15, 0.2) is 11.6 Å². The van der Waals surface area contributed by atoms with Gasteiger partial charge in [0.05, 0.1) is 18.2 Å². The number of ether oxygens (including phenoxy) is 3. The Labute approximate surface area is 162 Å². The van der Waals surface area contributed by atoms with Crippen LogP contribution in [0.3, 0.4) is 0 Å². The lowest BCUT2D eigenvalue weighted by molar-refractivity contribution is 0.0386. The quantitative estimate of drug-likeness (QED) is 0.535. The van der Waals surface area contributed by atoms with Crippen LogP contribution in [0.15, 0.2) is 23.1 Å². The van der Waals surface area contributed by atoms with E-state index < -0.39 is 17.2 Å². The number of halogens is 1. The highest BCUT2D eigenvalue weighted by atomic mass is 19.1. The van der Waals surface area contributed by atoms with Crippen molar-refractivity contribution in [1.29, 1.82) is 0 Å². The van der Waals surface area contributed by atoms with Crippen LogP contribution in [-0.2, 0) is 9.47 Å². The van der Waals surface area contributed by atoms with Gasteiger partial charge in [0.2, 0.25) is 5.43 Å². The molecule has 0 bridgehead atoms. The molecule has 0 unspecified atom stereocenters. The number of carbonyl (C=O) groups is 1. The number of hydrogen-bond acceptors (Lipinski definition) is 5. The summed E-state index contributed by atoms with van der Waals surface area (Å²) in [4.78, 5) is 25.2. The van der Waals surface area contributed by atoms with Crippen LogP contribution in [0.1, 0.15) is 54.9 Å². The molecule has 2 aromatic rings. The average molecular weight is 389 g/mol. The maximum atomic E-state index is 14.7. The number of nitrogens with zero attached hydrogens (tertiary/aromatic N) is 1. The van der Waals surface area contributed by atoms with Gasteiger partial charge in [-0.2, -0.15) is 0 Å². The number of methoxy groups -OCH3 is 1. The second-order valence-corrected chi connectivity index (χ2v) is 7.46. The van der Waals surface area contributed by atoms with E-state index in [4.69, 9.17) is 14.2 Å². The molecule has 1 aromatic carbocycles. The van der Waals surface area contributed by atoms with Crippen LogP contribution in [0.4, 0.5) is 4.39 Å². The number of fused-ring (bicyclic) bond motifs is 1. The lowest BCUT2D eigenvalue weighted by Crippen LogP contribution is -2.22. The Hall–Kier alpha value is -2.41. The maximum absolute atomic E-state index is 14.7. The van der Waals surface area contributed by atoms with E-state index in [-0.39, 0.29) is 42.1 Å². The zero-order chi connectivity index (χ0) is 19.7. The summed E-state index contributed by atoms with van der Waals surface area (Å²) in [5.74, 6) is -1.13. The maximum Gasteiger partial charge on any atom is 0.343 e. The van der Waals surface area contributed by atoms with Crippen LogP contribution >= 0.6 is 0 Å². The van der Waals surface area contributed by atoms with Gasteiger partial charge in [-0.3, -0.25) is 4.79 Å². The topological polar surface area (TPSA) is 66.8 Å². The van der Waals surface area contributed by atoms with E-state index in [2.05, 4.69) is 0 Å². The highest BCUT2D eigenvalue weighted by Crippen LogP contribution is 2.38. The Balaban J connectivity index is 1.75. The number of esters is 1. The molecule has 2 aliphatic rings. The fraction of sp³-hybridized carbons (Fsp3) is 0.524. The highest BCUT2D eigenvalue weighted by Gasteiger charge is 2.28. The molecule has 0 aliphatic heterocycles. The predicted octanol–water partition coefficient (Wildman–Crippen LogP) is 3.60. The second kappa shape index (κ2) is 7.91. The van der Waals surface area contributed by atoms with Crippen molar-refractivity contribution in [1.82, 2.24) is 4.57 Å². The molecule has 2 fully saturated rings. The largest absolute Gasteiger partial charge is 0.487 e. The fourth-order valence-corrected chi connectivity index (χ4v) is 3.72. The third-order valence-electron chi connectivity index (χ3n) is 5.36. The molecule has 0 spiro atoms. The smallest absolute Gasteiger partial charge is 0.343 e. The Morgan fingerprint density at radius 2 is 1.93 bits per heavy atom. The van der Waals surface area contributed by atoms with Crippen LogP contribution in [0.25, 0.3) is 10.9 Å². The molecule has 0 N–H and O–H groups in total.